The van der Waals surface area contributed by atoms with Crippen molar-refractivity contribution in [3.63, 3.8) is 0 Å². The van der Waals surface area contributed by atoms with Crippen molar-refractivity contribution in [1.29, 1.82) is 0 Å². The maximum atomic E-state index is 12.2. The van der Waals surface area contributed by atoms with Gasteiger partial charge in [0.2, 0.25) is 5.91 Å². The number of nitrogens with one attached hydrogen (secondary N) is 1. The van der Waals surface area contributed by atoms with Crippen molar-refractivity contribution in [2.75, 3.05) is 0 Å². The van der Waals surface area contributed by atoms with Gasteiger partial charge in [0.15, 0.2) is 0 Å². The minimum atomic E-state index is -0.595. The second-order valence-electron chi connectivity index (χ2n) is 5.76. The van der Waals surface area contributed by atoms with E-state index in [0.29, 0.717) is 5.92 Å². The van der Waals surface area contributed by atoms with Crippen LogP contribution in [0, 0.1) is 6.92 Å². The summed E-state index contributed by atoms with van der Waals surface area (Å²) in [6.45, 7) is 2.02. The Bertz CT molecular complexity index is 621. The van der Waals surface area contributed by atoms with Crippen molar-refractivity contribution >= 4 is 5.91 Å². The fourth-order valence-corrected chi connectivity index (χ4v) is 2.62. The Balaban J connectivity index is 1.59. The van der Waals surface area contributed by atoms with E-state index in [1.165, 1.54) is 5.56 Å². The normalized spacial score (nSPS) is 21.6. The standard InChI is InChI=1S/C18H20N2O/c1-12-7-9-14(10-8-12)17(19)18(21)20-16-11-15(16)13-5-3-2-4-6-13/h2-10,15-17H,11,19H2,1H3,(H,20,21). The van der Waals surface area contributed by atoms with E-state index in [0.717, 1.165) is 17.5 Å². The van der Waals surface area contributed by atoms with Crippen LogP contribution in [0.25, 0.3) is 0 Å². The molecule has 3 heteroatoms. The van der Waals surface area contributed by atoms with Gasteiger partial charge in [0, 0.05) is 12.0 Å². The van der Waals surface area contributed by atoms with E-state index in [4.69, 9.17) is 5.73 Å². The van der Waals surface area contributed by atoms with Crippen molar-refractivity contribution in [1.82, 2.24) is 5.32 Å². The topological polar surface area (TPSA) is 55.1 Å². The number of hydrogen-bond acceptors (Lipinski definition) is 2. The molecule has 1 fully saturated rings. The second kappa shape index (κ2) is 5.70. The van der Waals surface area contributed by atoms with Crippen LogP contribution in [-0.2, 0) is 4.79 Å². The van der Waals surface area contributed by atoms with Crippen LogP contribution in [0.4, 0.5) is 0 Å². The molecule has 2 aromatic carbocycles. The molecule has 2 aromatic rings. The molecule has 3 N–H and O–H groups in total. The lowest BCUT2D eigenvalue weighted by Gasteiger charge is -2.13. The largest absolute Gasteiger partial charge is 0.351 e. The Morgan fingerprint density at radius 3 is 2.48 bits per heavy atom. The van der Waals surface area contributed by atoms with Gasteiger partial charge in [-0.2, -0.15) is 0 Å². The highest BCUT2D eigenvalue weighted by Gasteiger charge is 2.40. The zero-order valence-corrected chi connectivity index (χ0v) is 12.1. The first kappa shape index (κ1) is 13.8. The van der Waals surface area contributed by atoms with Crippen LogP contribution in [0.1, 0.15) is 35.1 Å². The van der Waals surface area contributed by atoms with E-state index in [1.807, 2.05) is 49.4 Å². The molecule has 0 radical (unpaired) electrons. The Morgan fingerprint density at radius 1 is 1.14 bits per heavy atom. The summed E-state index contributed by atoms with van der Waals surface area (Å²) in [6.07, 6.45) is 0.996. The zero-order chi connectivity index (χ0) is 14.8. The third-order valence-electron chi connectivity index (χ3n) is 4.06. The first-order valence-electron chi connectivity index (χ1n) is 7.32. The highest BCUT2D eigenvalue weighted by atomic mass is 16.2. The van der Waals surface area contributed by atoms with Crippen LogP contribution in [0.2, 0.25) is 0 Å². The summed E-state index contributed by atoms with van der Waals surface area (Å²) in [5, 5.41) is 3.05. The SMILES string of the molecule is Cc1ccc(C(N)C(=O)NC2CC2c2ccccc2)cc1. The molecule has 3 rings (SSSR count). The fraction of sp³-hybridized carbons (Fsp3) is 0.278. The van der Waals surface area contributed by atoms with E-state index < -0.39 is 6.04 Å². The van der Waals surface area contributed by atoms with Gasteiger partial charge in [-0.25, -0.2) is 0 Å². The van der Waals surface area contributed by atoms with Gasteiger partial charge in [-0.05, 0) is 24.5 Å². The number of carbonyl (C=O) groups is 1. The summed E-state index contributed by atoms with van der Waals surface area (Å²) < 4.78 is 0. The molecular formula is C18H20N2O. The minimum absolute atomic E-state index is 0.0951. The van der Waals surface area contributed by atoms with Crippen LogP contribution in [-0.4, -0.2) is 11.9 Å². The summed E-state index contributed by atoms with van der Waals surface area (Å²) in [6, 6.07) is 17.7. The molecule has 0 bridgehead atoms. The van der Waals surface area contributed by atoms with Crippen LogP contribution >= 0.6 is 0 Å². The summed E-state index contributed by atoms with van der Waals surface area (Å²) >= 11 is 0. The second-order valence-corrected chi connectivity index (χ2v) is 5.76. The molecule has 1 amide bonds. The van der Waals surface area contributed by atoms with Gasteiger partial charge in [-0.3, -0.25) is 4.79 Å². The number of aryl methyl sites for hydroxylation is 1. The molecule has 0 heterocycles. The number of benzene rings is 2. The Kier molecular flexibility index (Phi) is 3.76. The van der Waals surface area contributed by atoms with Crippen molar-refractivity contribution < 1.29 is 4.79 Å². The van der Waals surface area contributed by atoms with Crippen molar-refractivity contribution in [3.8, 4) is 0 Å². The molecule has 3 unspecified atom stereocenters. The molecule has 1 aliphatic carbocycles. The summed E-state index contributed by atoms with van der Waals surface area (Å²) in [4.78, 5) is 12.2. The average molecular weight is 280 g/mol. The Morgan fingerprint density at radius 2 is 1.81 bits per heavy atom. The van der Waals surface area contributed by atoms with Gasteiger partial charge in [0.25, 0.3) is 0 Å². The molecule has 0 saturated heterocycles. The fourth-order valence-electron chi connectivity index (χ4n) is 2.62. The van der Waals surface area contributed by atoms with E-state index in [-0.39, 0.29) is 11.9 Å². The van der Waals surface area contributed by atoms with Crippen LogP contribution < -0.4 is 11.1 Å². The van der Waals surface area contributed by atoms with Gasteiger partial charge >= 0.3 is 0 Å². The predicted molar refractivity (Wildman–Crippen MR) is 83.8 cm³/mol. The van der Waals surface area contributed by atoms with Gasteiger partial charge in [0.1, 0.15) is 6.04 Å². The molecule has 1 aliphatic rings. The molecular weight excluding hydrogens is 260 g/mol. The lowest BCUT2D eigenvalue weighted by molar-refractivity contribution is -0.122. The lowest BCUT2D eigenvalue weighted by Crippen LogP contribution is -2.35. The number of nitrogens with two attached hydrogens (primary N) is 1. The molecule has 1 saturated carbocycles. The smallest absolute Gasteiger partial charge is 0.241 e. The average Bonchev–Trinajstić information content (AvgIpc) is 3.27. The zero-order valence-electron chi connectivity index (χ0n) is 12.1. The highest BCUT2D eigenvalue weighted by molar-refractivity contribution is 5.83. The van der Waals surface area contributed by atoms with Crippen molar-refractivity contribution in [3.05, 3.63) is 71.3 Å². The number of carbonyl (C=O) groups excluding carboxylic acids is 1. The quantitative estimate of drug-likeness (QED) is 0.904. The lowest BCUT2D eigenvalue weighted by atomic mass is 10.1. The maximum absolute atomic E-state index is 12.2. The van der Waals surface area contributed by atoms with Gasteiger partial charge in [0.05, 0.1) is 0 Å². The third kappa shape index (κ3) is 3.14. The Hall–Kier alpha value is -2.13. The molecule has 3 nitrogen and oxygen atoms in total. The molecule has 0 aromatic heterocycles. The summed E-state index contributed by atoms with van der Waals surface area (Å²) in [5.41, 5.74) is 9.34. The Labute approximate surface area is 125 Å². The molecule has 0 spiro atoms. The summed E-state index contributed by atoms with van der Waals surface area (Å²) in [7, 11) is 0. The first-order valence-corrected chi connectivity index (χ1v) is 7.32. The van der Waals surface area contributed by atoms with E-state index in [2.05, 4.69) is 17.4 Å². The summed E-state index contributed by atoms with van der Waals surface area (Å²) in [5.74, 6) is 0.336. The predicted octanol–water partition coefficient (Wildman–Crippen LogP) is 2.67. The maximum Gasteiger partial charge on any atom is 0.241 e. The van der Waals surface area contributed by atoms with Gasteiger partial charge < -0.3 is 11.1 Å². The number of hydrogen-bond donors (Lipinski definition) is 2. The van der Waals surface area contributed by atoms with Crippen LogP contribution in [0.5, 0.6) is 0 Å². The third-order valence-corrected chi connectivity index (χ3v) is 4.06. The molecule has 0 aliphatic heterocycles. The van der Waals surface area contributed by atoms with Gasteiger partial charge in [-0.15, -0.1) is 0 Å². The van der Waals surface area contributed by atoms with E-state index in [1.54, 1.807) is 0 Å². The van der Waals surface area contributed by atoms with E-state index in [9.17, 15) is 4.79 Å². The molecule has 21 heavy (non-hydrogen) atoms. The van der Waals surface area contributed by atoms with Crippen LogP contribution in [0.15, 0.2) is 54.6 Å². The monoisotopic (exact) mass is 280 g/mol. The van der Waals surface area contributed by atoms with Crippen LogP contribution in [0.3, 0.4) is 0 Å². The molecule has 108 valence electrons. The molecule has 3 atom stereocenters. The van der Waals surface area contributed by atoms with E-state index >= 15 is 0 Å². The number of rotatable bonds is 4. The number of amides is 1. The van der Waals surface area contributed by atoms with Crippen molar-refractivity contribution in [2.24, 2.45) is 5.73 Å². The first-order chi connectivity index (χ1) is 10.1. The highest BCUT2D eigenvalue weighted by Crippen LogP contribution is 2.40. The minimum Gasteiger partial charge on any atom is -0.351 e. The van der Waals surface area contributed by atoms with Crippen molar-refractivity contribution in [2.45, 2.75) is 31.3 Å². The van der Waals surface area contributed by atoms with Gasteiger partial charge in [-0.1, -0.05) is 60.2 Å².